The van der Waals surface area contributed by atoms with Gasteiger partial charge in [-0.15, -0.1) is 0 Å². The number of pyridine rings is 1. The highest BCUT2D eigenvalue weighted by atomic mass is 16.6. The van der Waals surface area contributed by atoms with Gasteiger partial charge in [0.15, 0.2) is 0 Å². The molecule has 3 aromatic rings. The van der Waals surface area contributed by atoms with Crippen molar-refractivity contribution in [3.8, 4) is 11.1 Å². The Bertz CT molecular complexity index is 966. The highest BCUT2D eigenvalue weighted by Gasteiger charge is 2.23. The second-order valence-electron chi connectivity index (χ2n) is 5.76. The molecule has 0 bridgehead atoms. The summed E-state index contributed by atoms with van der Waals surface area (Å²) in [4.78, 5) is 26.1. The predicted molar refractivity (Wildman–Crippen MR) is 92.1 cm³/mol. The van der Waals surface area contributed by atoms with E-state index in [-0.39, 0.29) is 12.1 Å². The van der Waals surface area contributed by atoms with E-state index in [9.17, 15) is 14.9 Å². The number of nitrogens with zero attached hydrogens (tertiary/aromatic N) is 3. The third-order valence-electron chi connectivity index (χ3n) is 4.12. The minimum atomic E-state index is -1.12. The van der Waals surface area contributed by atoms with Crippen molar-refractivity contribution in [3.05, 3.63) is 58.5 Å². The molecule has 0 aliphatic rings. The van der Waals surface area contributed by atoms with E-state index in [1.165, 1.54) is 6.07 Å². The maximum atomic E-state index is 11.4. The molecule has 8 heteroatoms. The summed E-state index contributed by atoms with van der Waals surface area (Å²) in [5, 5.41) is 21.2. The zero-order valence-electron chi connectivity index (χ0n) is 13.4. The van der Waals surface area contributed by atoms with Gasteiger partial charge in [0.25, 0.3) is 5.69 Å². The first-order valence-corrected chi connectivity index (χ1v) is 7.54. The molecule has 3 rings (SSSR count). The molecule has 25 heavy (non-hydrogen) atoms. The number of carboxylic acids is 1. The van der Waals surface area contributed by atoms with E-state index >= 15 is 0 Å². The molecule has 0 saturated carbocycles. The Hall–Kier alpha value is -3.26. The molecule has 3 N–H and O–H groups in total. The number of rotatable bonds is 5. The summed E-state index contributed by atoms with van der Waals surface area (Å²) < 4.78 is 1.64. The number of fused-ring (bicyclic) bond motifs is 1. The molecule has 0 fully saturated rings. The summed E-state index contributed by atoms with van der Waals surface area (Å²) in [5.41, 5.74) is 8.35. The third kappa shape index (κ3) is 2.94. The monoisotopic (exact) mass is 340 g/mol. The SMILES string of the molecule is Cn1cc(CC(N)C(=O)O)c2c(-c3ccncc3)ccc([N+](=O)[O-])c21. The van der Waals surface area contributed by atoms with Gasteiger partial charge in [-0.1, -0.05) is 0 Å². The number of aromatic nitrogens is 2. The van der Waals surface area contributed by atoms with Crippen molar-refractivity contribution in [2.45, 2.75) is 12.5 Å². The smallest absolute Gasteiger partial charge is 0.320 e. The van der Waals surface area contributed by atoms with Crippen molar-refractivity contribution >= 4 is 22.6 Å². The molecular formula is C17H16N4O4. The van der Waals surface area contributed by atoms with E-state index in [1.807, 2.05) is 0 Å². The lowest BCUT2D eigenvalue weighted by molar-refractivity contribution is -0.383. The summed E-state index contributed by atoms with van der Waals surface area (Å²) in [6, 6.07) is 5.64. The Kier molecular flexibility index (Phi) is 4.20. The van der Waals surface area contributed by atoms with Gasteiger partial charge in [-0.3, -0.25) is 19.9 Å². The first kappa shape index (κ1) is 16.6. The lowest BCUT2D eigenvalue weighted by Crippen LogP contribution is -2.32. The average molecular weight is 340 g/mol. The molecule has 1 aromatic carbocycles. The first-order chi connectivity index (χ1) is 11.9. The van der Waals surface area contributed by atoms with Crippen molar-refractivity contribution in [1.82, 2.24) is 9.55 Å². The number of hydrogen-bond acceptors (Lipinski definition) is 5. The van der Waals surface area contributed by atoms with E-state index in [4.69, 9.17) is 10.8 Å². The van der Waals surface area contributed by atoms with Crippen LogP contribution in [0.4, 0.5) is 5.69 Å². The average Bonchev–Trinajstić information content (AvgIpc) is 2.91. The molecule has 1 atom stereocenters. The fourth-order valence-electron chi connectivity index (χ4n) is 3.02. The van der Waals surface area contributed by atoms with Gasteiger partial charge < -0.3 is 15.4 Å². The van der Waals surface area contributed by atoms with Crippen LogP contribution in [0.5, 0.6) is 0 Å². The standard InChI is InChI=1S/C17H16N4O4/c1-20-9-11(8-13(18)17(22)23)15-12(10-4-6-19-7-5-10)2-3-14(16(15)20)21(24)25/h2-7,9,13H,8,18H2,1H3,(H,22,23). The largest absolute Gasteiger partial charge is 0.480 e. The summed E-state index contributed by atoms with van der Waals surface area (Å²) in [7, 11) is 1.70. The van der Waals surface area contributed by atoms with Crippen molar-refractivity contribution in [2.24, 2.45) is 12.8 Å². The number of non-ortho nitro benzene ring substituents is 1. The number of nitro groups is 1. The molecular weight excluding hydrogens is 324 g/mol. The van der Waals surface area contributed by atoms with E-state index in [0.29, 0.717) is 16.5 Å². The minimum Gasteiger partial charge on any atom is -0.480 e. The van der Waals surface area contributed by atoms with E-state index in [1.54, 1.807) is 48.4 Å². The van der Waals surface area contributed by atoms with Crippen LogP contribution in [0, 0.1) is 10.1 Å². The Morgan fingerprint density at radius 1 is 1.36 bits per heavy atom. The molecule has 128 valence electrons. The van der Waals surface area contributed by atoms with Gasteiger partial charge in [0.1, 0.15) is 11.6 Å². The summed E-state index contributed by atoms with van der Waals surface area (Å²) in [5.74, 6) is -1.12. The number of nitro benzene ring substituents is 1. The van der Waals surface area contributed by atoms with Crippen LogP contribution in [-0.2, 0) is 18.3 Å². The first-order valence-electron chi connectivity index (χ1n) is 7.54. The lowest BCUT2D eigenvalue weighted by Gasteiger charge is -2.09. The number of nitrogens with two attached hydrogens (primary N) is 1. The minimum absolute atomic E-state index is 0.0366. The van der Waals surface area contributed by atoms with Gasteiger partial charge >= 0.3 is 5.97 Å². The number of hydrogen-bond donors (Lipinski definition) is 2. The van der Waals surface area contributed by atoms with E-state index in [2.05, 4.69) is 4.98 Å². The number of aryl methyl sites for hydroxylation is 1. The van der Waals surface area contributed by atoms with Crippen LogP contribution in [0.15, 0.2) is 42.9 Å². The second kappa shape index (κ2) is 6.33. The van der Waals surface area contributed by atoms with Gasteiger partial charge in [-0.2, -0.15) is 0 Å². The number of benzene rings is 1. The van der Waals surface area contributed by atoms with Crippen LogP contribution in [0.25, 0.3) is 22.0 Å². The number of carbonyl (C=O) groups is 1. The fourth-order valence-corrected chi connectivity index (χ4v) is 3.02. The van der Waals surface area contributed by atoms with Crippen LogP contribution in [-0.4, -0.2) is 31.6 Å². The Balaban J connectivity index is 2.32. The molecule has 0 spiro atoms. The summed E-state index contributed by atoms with van der Waals surface area (Å²) in [6.07, 6.45) is 5.04. The topological polar surface area (TPSA) is 124 Å². The molecule has 2 heterocycles. The van der Waals surface area contributed by atoms with Crippen LogP contribution in [0.2, 0.25) is 0 Å². The highest BCUT2D eigenvalue weighted by Crippen LogP contribution is 2.37. The number of carboxylic acid groups (broad SMARTS) is 1. The quantitative estimate of drug-likeness (QED) is 0.541. The van der Waals surface area contributed by atoms with Gasteiger partial charge in [0, 0.05) is 43.5 Å². The molecule has 0 saturated heterocycles. The fraction of sp³-hybridized carbons (Fsp3) is 0.176. The maximum absolute atomic E-state index is 11.4. The Morgan fingerprint density at radius 3 is 2.64 bits per heavy atom. The molecule has 0 amide bonds. The van der Waals surface area contributed by atoms with Crippen molar-refractivity contribution in [3.63, 3.8) is 0 Å². The number of aliphatic carboxylic acids is 1. The normalized spacial score (nSPS) is 12.2. The van der Waals surface area contributed by atoms with Crippen molar-refractivity contribution in [1.29, 1.82) is 0 Å². The predicted octanol–water partition coefficient (Wildman–Crippen LogP) is 2.10. The van der Waals surface area contributed by atoms with E-state index < -0.39 is 16.9 Å². The highest BCUT2D eigenvalue weighted by molar-refractivity contribution is 6.02. The van der Waals surface area contributed by atoms with Crippen molar-refractivity contribution < 1.29 is 14.8 Å². The van der Waals surface area contributed by atoms with Crippen LogP contribution >= 0.6 is 0 Å². The molecule has 8 nitrogen and oxygen atoms in total. The zero-order chi connectivity index (χ0) is 18.1. The van der Waals surface area contributed by atoms with E-state index in [0.717, 1.165) is 11.1 Å². The lowest BCUT2D eigenvalue weighted by atomic mass is 9.96. The van der Waals surface area contributed by atoms with Crippen LogP contribution in [0.1, 0.15) is 5.56 Å². The zero-order valence-corrected chi connectivity index (χ0v) is 13.4. The van der Waals surface area contributed by atoms with Gasteiger partial charge in [0.2, 0.25) is 0 Å². The summed E-state index contributed by atoms with van der Waals surface area (Å²) in [6.45, 7) is 0. The Morgan fingerprint density at radius 2 is 2.04 bits per heavy atom. The van der Waals surface area contributed by atoms with Gasteiger partial charge in [-0.25, -0.2) is 0 Å². The van der Waals surface area contributed by atoms with Gasteiger partial charge in [0.05, 0.1) is 4.92 Å². The second-order valence-corrected chi connectivity index (χ2v) is 5.76. The molecule has 1 unspecified atom stereocenters. The van der Waals surface area contributed by atoms with Gasteiger partial charge in [-0.05, 0) is 34.9 Å². The molecule has 0 radical (unpaired) electrons. The molecule has 0 aliphatic heterocycles. The third-order valence-corrected chi connectivity index (χ3v) is 4.12. The van der Waals surface area contributed by atoms with Crippen LogP contribution < -0.4 is 5.73 Å². The summed E-state index contributed by atoms with van der Waals surface area (Å²) >= 11 is 0. The Labute approximate surface area is 142 Å². The van der Waals surface area contributed by atoms with Crippen molar-refractivity contribution in [2.75, 3.05) is 0 Å². The van der Waals surface area contributed by atoms with Crippen LogP contribution in [0.3, 0.4) is 0 Å². The molecule has 0 aliphatic carbocycles. The maximum Gasteiger partial charge on any atom is 0.320 e. The molecule has 2 aromatic heterocycles.